The average molecular weight is 599 g/mol. The fourth-order valence-corrected chi connectivity index (χ4v) is 6.68. The first kappa shape index (κ1) is 29.4. The van der Waals surface area contributed by atoms with Crippen LogP contribution < -0.4 is 22.3 Å². The van der Waals surface area contributed by atoms with Crippen LogP contribution in [0.2, 0.25) is 5.02 Å². The Hall–Kier alpha value is -2.59. The lowest BCUT2D eigenvalue weighted by atomic mass is 9.95. The number of likely N-dealkylation sites (tertiary alicyclic amines) is 1. The standard InChI is InChI=1S/C23H25ClF6N6O2S/c24-18-12-14(23(32)33-20(31)34-35-23)11-17(22(28,29)30)19(18)13-1-3-15(4-2-13)39(37,38)16-5-8-36(9-6-16)10-7-21(25,26)27/h1-4,11-12,16,35H,5-10,32H2,(H3,31,33,34). The van der Waals surface area contributed by atoms with Gasteiger partial charge < -0.3 is 10.6 Å². The molecular formula is C23H25ClF6N6O2S. The van der Waals surface area contributed by atoms with E-state index in [4.69, 9.17) is 23.1 Å². The number of piperidine rings is 1. The van der Waals surface area contributed by atoms with Crippen molar-refractivity contribution >= 4 is 27.4 Å². The van der Waals surface area contributed by atoms with Gasteiger partial charge in [0, 0.05) is 22.7 Å². The molecule has 0 aliphatic carbocycles. The Morgan fingerprint density at radius 2 is 1.69 bits per heavy atom. The van der Waals surface area contributed by atoms with Gasteiger partial charge in [0.1, 0.15) is 0 Å². The zero-order chi connectivity index (χ0) is 28.8. The quantitative estimate of drug-likeness (QED) is 0.374. The lowest BCUT2D eigenvalue weighted by Gasteiger charge is -2.31. The molecule has 2 aliphatic rings. The van der Waals surface area contributed by atoms with Gasteiger partial charge in [-0.3, -0.25) is 11.2 Å². The third-order valence-corrected chi connectivity index (χ3v) is 9.25. The second kappa shape index (κ2) is 10.4. The maximum absolute atomic E-state index is 14.1. The third-order valence-electron chi connectivity index (χ3n) is 6.67. The second-order valence-electron chi connectivity index (χ2n) is 9.37. The number of nitrogens with two attached hydrogens (primary N) is 2. The predicted octanol–water partition coefficient (Wildman–Crippen LogP) is 3.71. The molecule has 2 heterocycles. The smallest absolute Gasteiger partial charge is 0.369 e. The SMILES string of the molecule is NC1=NC(N)(c2cc(Cl)c(-c3ccc(S(=O)(=O)C4CCN(CCC(F)(F)F)CC4)cc3)c(C(F)(F)F)c2)NN1. The number of rotatable bonds is 6. The number of nitrogens with zero attached hydrogens (tertiary/aromatic N) is 2. The molecule has 1 fully saturated rings. The predicted molar refractivity (Wildman–Crippen MR) is 133 cm³/mol. The van der Waals surface area contributed by atoms with E-state index < -0.39 is 45.2 Å². The molecule has 0 amide bonds. The molecule has 39 heavy (non-hydrogen) atoms. The molecule has 0 radical (unpaired) electrons. The zero-order valence-corrected chi connectivity index (χ0v) is 21.8. The minimum Gasteiger partial charge on any atom is -0.369 e. The summed E-state index contributed by atoms with van der Waals surface area (Å²) in [7, 11) is -3.87. The molecule has 8 nitrogen and oxygen atoms in total. The van der Waals surface area contributed by atoms with Gasteiger partial charge in [-0.25, -0.2) is 13.4 Å². The highest BCUT2D eigenvalue weighted by molar-refractivity contribution is 7.92. The van der Waals surface area contributed by atoms with Crippen LogP contribution in [0.15, 0.2) is 46.3 Å². The molecule has 0 bridgehead atoms. The monoisotopic (exact) mass is 598 g/mol. The first-order valence-corrected chi connectivity index (χ1v) is 13.6. The number of sulfone groups is 1. The zero-order valence-electron chi connectivity index (χ0n) is 20.2. The highest BCUT2D eigenvalue weighted by Gasteiger charge is 2.40. The summed E-state index contributed by atoms with van der Waals surface area (Å²) >= 11 is 6.29. The maximum Gasteiger partial charge on any atom is 0.417 e. The van der Waals surface area contributed by atoms with E-state index in [0.717, 1.165) is 6.07 Å². The molecule has 2 aromatic carbocycles. The first-order valence-electron chi connectivity index (χ1n) is 11.7. The van der Waals surface area contributed by atoms with Crippen LogP contribution in [-0.2, 0) is 21.8 Å². The Kier molecular flexibility index (Phi) is 7.86. The van der Waals surface area contributed by atoms with Crippen LogP contribution in [0.25, 0.3) is 11.1 Å². The lowest BCUT2D eigenvalue weighted by Crippen LogP contribution is -2.50. The summed E-state index contributed by atoms with van der Waals surface area (Å²) in [6, 6.07) is 6.84. The van der Waals surface area contributed by atoms with Gasteiger partial charge >= 0.3 is 12.4 Å². The van der Waals surface area contributed by atoms with E-state index in [9.17, 15) is 34.8 Å². The Morgan fingerprint density at radius 3 is 2.21 bits per heavy atom. The summed E-state index contributed by atoms with van der Waals surface area (Å²) in [6.07, 6.45) is -9.83. The number of hydrogen-bond donors (Lipinski definition) is 4. The van der Waals surface area contributed by atoms with Gasteiger partial charge in [-0.1, -0.05) is 23.7 Å². The number of hydrazine groups is 1. The van der Waals surface area contributed by atoms with Crippen molar-refractivity contribution in [2.75, 3.05) is 19.6 Å². The van der Waals surface area contributed by atoms with Crippen LogP contribution in [0.1, 0.15) is 30.4 Å². The van der Waals surface area contributed by atoms with E-state index in [1.54, 1.807) is 4.90 Å². The molecule has 0 spiro atoms. The summed E-state index contributed by atoms with van der Waals surface area (Å²) in [5.41, 5.74) is 14.9. The van der Waals surface area contributed by atoms with Gasteiger partial charge in [0.15, 0.2) is 9.84 Å². The number of benzene rings is 2. The van der Waals surface area contributed by atoms with E-state index in [1.165, 1.54) is 30.3 Å². The molecule has 6 N–H and O–H groups in total. The summed E-state index contributed by atoms with van der Waals surface area (Å²) < 4.78 is 106. The van der Waals surface area contributed by atoms with E-state index in [0.29, 0.717) is 0 Å². The molecule has 1 unspecified atom stereocenters. The van der Waals surface area contributed by atoms with Crippen LogP contribution in [0.3, 0.4) is 0 Å². The minimum absolute atomic E-state index is 0.0198. The maximum atomic E-state index is 14.1. The molecule has 0 aromatic heterocycles. The number of alkyl halides is 6. The molecule has 16 heteroatoms. The van der Waals surface area contributed by atoms with Crippen molar-refractivity contribution in [2.24, 2.45) is 16.5 Å². The van der Waals surface area contributed by atoms with E-state index in [-0.39, 0.29) is 65.0 Å². The van der Waals surface area contributed by atoms with Gasteiger partial charge in [0.25, 0.3) is 0 Å². The largest absolute Gasteiger partial charge is 0.417 e. The van der Waals surface area contributed by atoms with Crippen molar-refractivity contribution in [1.29, 1.82) is 0 Å². The minimum atomic E-state index is -4.85. The van der Waals surface area contributed by atoms with Crippen molar-refractivity contribution in [1.82, 2.24) is 15.8 Å². The van der Waals surface area contributed by atoms with Crippen molar-refractivity contribution < 1.29 is 34.8 Å². The summed E-state index contributed by atoms with van der Waals surface area (Å²) in [5.74, 6) is -1.93. The number of hydrogen-bond acceptors (Lipinski definition) is 8. The fourth-order valence-electron chi connectivity index (χ4n) is 4.62. The summed E-state index contributed by atoms with van der Waals surface area (Å²) in [4.78, 5) is 5.33. The van der Waals surface area contributed by atoms with E-state index in [2.05, 4.69) is 15.8 Å². The molecule has 1 saturated heterocycles. The van der Waals surface area contributed by atoms with Crippen molar-refractivity contribution in [2.45, 2.75) is 47.5 Å². The van der Waals surface area contributed by atoms with Crippen LogP contribution in [-0.4, -0.2) is 50.3 Å². The Balaban J connectivity index is 1.58. The Morgan fingerprint density at radius 1 is 1.08 bits per heavy atom. The van der Waals surface area contributed by atoms with Crippen molar-refractivity contribution in [3.8, 4) is 11.1 Å². The van der Waals surface area contributed by atoms with E-state index in [1.807, 2.05) is 0 Å². The summed E-state index contributed by atoms with van der Waals surface area (Å²) in [5, 5.41) is -1.12. The van der Waals surface area contributed by atoms with E-state index >= 15 is 0 Å². The number of nitrogens with one attached hydrogen (secondary N) is 2. The molecule has 1 atom stereocenters. The third kappa shape index (κ3) is 6.43. The Bertz CT molecular complexity index is 1360. The van der Waals surface area contributed by atoms with Crippen LogP contribution in [0.5, 0.6) is 0 Å². The second-order valence-corrected chi connectivity index (χ2v) is 12.0. The topological polar surface area (TPSA) is 126 Å². The molecule has 2 aromatic rings. The molecule has 214 valence electrons. The number of guanidine groups is 1. The van der Waals surface area contributed by atoms with Crippen LogP contribution >= 0.6 is 11.6 Å². The van der Waals surface area contributed by atoms with Crippen LogP contribution in [0.4, 0.5) is 26.3 Å². The molecule has 0 saturated carbocycles. The van der Waals surface area contributed by atoms with Crippen molar-refractivity contribution in [3.05, 3.63) is 52.5 Å². The van der Waals surface area contributed by atoms with Gasteiger partial charge in [-0.15, -0.1) is 0 Å². The molecule has 2 aliphatic heterocycles. The normalized spacial score (nSPS) is 21.6. The molecule has 4 rings (SSSR count). The highest BCUT2D eigenvalue weighted by atomic mass is 35.5. The van der Waals surface area contributed by atoms with Crippen molar-refractivity contribution in [3.63, 3.8) is 0 Å². The van der Waals surface area contributed by atoms with Gasteiger partial charge in [0.05, 0.1) is 22.1 Å². The van der Waals surface area contributed by atoms with Gasteiger partial charge in [-0.2, -0.15) is 31.8 Å². The van der Waals surface area contributed by atoms with Crippen LogP contribution in [0, 0.1) is 0 Å². The first-order chi connectivity index (χ1) is 18.0. The number of halogens is 7. The average Bonchev–Trinajstić information content (AvgIpc) is 3.21. The highest BCUT2D eigenvalue weighted by Crippen LogP contribution is 2.43. The van der Waals surface area contributed by atoms with Gasteiger partial charge in [0.2, 0.25) is 11.7 Å². The van der Waals surface area contributed by atoms with Gasteiger partial charge in [-0.05, 0) is 55.8 Å². The summed E-state index contributed by atoms with van der Waals surface area (Å²) in [6.45, 7) is 0.180. The number of aliphatic imine (C=N–C) groups is 1. The molecular weight excluding hydrogens is 574 g/mol. The lowest BCUT2D eigenvalue weighted by molar-refractivity contribution is -0.138. The Labute approximate surface area is 225 Å². The fraction of sp³-hybridized carbons (Fsp3) is 0.435.